The lowest BCUT2D eigenvalue weighted by Crippen LogP contribution is -2.03. The van der Waals surface area contributed by atoms with Crippen LogP contribution in [0.5, 0.6) is 0 Å². The van der Waals surface area contributed by atoms with Gasteiger partial charge in [-0.3, -0.25) is 0 Å². The number of aliphatic hydroxyl groups excluding tert-OH is 1. The SMILES string of the molecule is O=C(O)c1cccc2cccc([S@@](=O)c3ccccc3CO)c12. The quantitative estimate of drug-likeness (QED) is 0.772. The molecule has 0 bridgehead atoms. The highest BCUT2D eigenvalue weighted by Crippen LogP contribution is 2.29. The van der Waals surface area contributed by atoms with Gasteiger partial charge in [-0.15, -0.1) is 0 Å². The minimum atomic E-state index is -1.58. The zero-order valence-electron chi connectivity index (χ0n) is 12.1. The van der Waals surface area contributed by atoms with Crippen molar-refractivity contribution < 1.29 is 19.2 Å². The summed E-state index contributed by atoms with van der Waals surface area (Å²) in [6.07, 6.45) is 0. The van der Waals surface area contributed by atoms with Crippen LogP contribution in [-0.4, -0.2) is 20.4 Å². The number of aromatic carboxylic acids is 1. The highest BCUT2D eigenvalue weighted by Gasteiger charge is 2.18. The zero-order chi connectivity index (χ0) is 16.4. The first kappa shape index (κ1) is 15.4. The van der Waals surface area contributed by atoms with Gasteiger partial charge in [-0.1, -0.05) is 42.5 Å². The lowest BCUT2D eigenvalue weighted by atomic mass is 10.0. The molecule has 0 saturated heterocycles. The third kappa shape index (κ3) is 2.76. The Kier molecular flexibility index (Phi) is 4.23. The van der Waals surface area contributed by atoms with Gasteiger partial charge in [-0.2, -0.15) is 0 Å². The highest BCUT2D eigenvalue weighted by molar-refractivity contribution is 7.85. The Balaban J connectivity index is 2.28. The van der Waals surface area contributed by atoms with Crippen molar-refractivity contribution in [3.63, 3.8) is 0 Å². The van der Waals surface area contributed by atoms with Gasteiger partial charge in [-0.05, 0) is 29.1 Å². The highest BCUT2D eigenvalue weighted by atomic mass is 32.2. The number of carboxylic acid groups (broad SMARTS) is 1. The van der Waals surface area contributed by atoms with E-state index < -0.39 is 16.8 Å². The Morgan fingerprint density at radius 2 is 1.57 bits per heavy atom. The molecule has 0 saturated carbocycles. The summed E-state index contributed by atoms with van der Waals surface area (Å²) in [5, 5.41) is 20.0. The van der Waals surface area contributed by atoms with Crippen LogP contribution in [0.2, 0.25) is 0 Å². The molecule has 0 fully saturated rings. The molecule has 4 nitrogen and oxygen atoms in total. The molecule has 23 heavy (non-hydrogen) atoms. The van der Waals surface area contributed by atoms with Crippen LogP contribution in [0.4, 0.5) is 0 Å². The fourth-order valence-electron chi connectivity index (χ4n) is 2.57. The summed E-state index contributed by atoms with van der Waals surface area (Å²) >= 11 is 0. The van der Waals surface area contributed by atoms with Crippen LogP contribution < -0.4 is 0 Å². The largest absolute Gasteiger partial charge is 0.478 e. The van der Waals surface area contributed by atoms with Crippen LogP contribution in [-0.2, 0) is 17.4 Å². The standard InChI is InChI=1S/C18H14O4S/c19-11-13-5-1-2-9-15(13)23(22)16-10-4-7-12-6-3-8-14(17(12)16)18(20)21/h1-10,19H,11H2,(H,20,21)/t23-/m0/s1. The van der Waals surface area contributed by atoms with Gasteiger partial charge in [0.25, 0.3) is 0 Å². The number of benzene rings is 3. The van der Waals surface area contributed by atoms with Gasteiger partial charge in [-0.25, -0.2) is 9.00 Å². The number of fused-ring (bicyclic) bond motifs is 1. The van der Waals surface area contributed by atoms with Crippen LogP contribution in [0, 0.1) is 0 Å². The van der Waals surface area contributed by atoms with Gasteiger partial charge >= 0.3 is 5.97 Å². The van der Waals surface area contributed by atoms with Crippen molar-refractivity contribution >= 4 is 27.5 Å². The molecule has 0 heterocycles. The fraction of sp³-hybridized carbons (Fsp3) is 0.0556. The molecule has 0 spiro atoms. The molecule has 3 rings (SSSR count). The summed E-state index contributed by atoms with van der Waals surface area (Å²) in [4.78, 5) is 12.4. The first-order chi connectivity index (χ1) is 11.1. The summed E-state index contributed by atoms with van der Waals surface area (Å²) in [7, 11) is -1.58. The van der Waals surface area contributed by atoms with Gasteiger partial charge in [0.15, 0.2) is 0 Å². The van der Waals surface area contributed by atoms with E-state index in [1.807, 2.05) is 0 Å². The van der Waals surface area contributed by atoms with Gasteiger partial charge in [0.1, 0.15) is 0 Å². The number of hydrogen-bond donors (Lipinski definition) is 2. The molecule has 0 aliphatic carbocycles. The molecule has 0 radical (unpaired) electrons. The van der Waals surface area contributed by atoms with Crippen molar-refractivity contribution in [3.05, 3.63) is 71.8 Å². The van der Waals surface area contributed by atoms with Crippen molar-refractivity contribution in [2.75, 3.05) is 0 Å². The molecule has 116 valence electrons. The third-order valence-electron chi connectivity index (χ3n) is 3.64. The van der Waals surface area contributed by atoms with Crippen LogP contribution in [0.15, 0.2) is 70.5 Å². The van der Waals surface area contributed by atoms with E-state index >= 15 is 0 Å². The van der Waals surface area contributed by atoms with E-state index in [0.29, 0.717) is 20.7 Å². The molecule has 1 atom stereocenters. The molecular formula is C18H14O4S. The Morgan fingerprint density at radius 3 is 2.26 bits per heavy atom. The second-order valence-electron chi connectivity index (χ2n) is 5.00. The lowest BCUT2D eigenvalue weighted by molar-refractivity contribution is 0.0699. The zero-order valence-corrected chi connectivity index (χ0v) is 12.9. The molecule has 2 N–H and O–H groups in total. The Labute approximate surface area is 135 Å². The molecule has 3 aromatic rings. The van der Waals surface area contributed by atoms with Crippen molar-refractivity contribution in [1.29, 1.82) is 0 Å². The molecule has 0 aliphatic rings. The van der Waals surface area contributed by atoms with E-state index in [9.17, 15) is 19.2 Å². The Bertz CT molecular complexity index is 913. The van der Waals surface area contributed by atoms with Crippen LogP contribution in [0.3, 0.4) is 0 Å². The molecule has 3 aromatic carbocycles. The predicted octanol–water partition coefficient (Wildman–Crippen LogP) is 3.20. The fourth-order valence-corrected chi connectivity index (χ4v) is 4.00. The van der Waals surface area contributed by atoms with Gasteiger partial charge in [0.2, 0.25) is 0 Å². The van der Waals surface area contributed by atoms with E-state index in [1.165, 1.54) is 6.07 Å². The maximum Gasteiger partial charge on any atom is 0.336 e. The maximum absolute atomic E-state index is 13.0. The van der Waals surface area contributed by atoms with Gasteiger partial charge < -0.3 is 10.2 Å². The molecular weight excluding hydrogens is 312 g/mol. The second kappa shape index (κ2) is 6.32. The normalized spacial score (nSPS) is 12.2. The van der Waals surface area contributed by atoms with E-state index in [0.717, 1.165) is 5.39 Å². The average Bonchev–Trinajstić information content (AvgIpc) is 2.59. The number of carbonyl (C=O) groups is 1. The second-order valence-corrected chi connectivity index (χ2v) is 6.42. The maximum atomic E-state index is 13.0. The van der Waals surface area contributed by atoms with Gasteiger partial charge in [0.05, 0.1) is 27.9 Å². The first-order valence-electron chi connectivity index (χ1n) is 6.99. The molecule has 0 aromatic heterocycles. The summed E-state index contributed by atoms with van der Waals surface area (Å²) < 4.78 is 13.0. The molecule has 0 unspecified atom stereocenters. The van der Waals surface area contributed by atoms with E-state index in [4.69, 9.17) is 0 Å². The number of carboxylic acids is 1. The average molecular weight is 326 g/mol. The predicted molar refractivity (Wildman–Crippen MR) is 87.9 cm³/mol. The minimum absolute atomic E-state index is 0.118. The Morgan fingerprint density at radius 1 is 0.913 bits per heavy atom. The molecule has 5 heteroatoms. The summed E-state index contributed by atoms with van der Waals surface area (Å²) in [5.74, 6) is -1.06. The van der Waals surface area contributed by atoms with E-state index in [1.54, 1.807) is 54.6 Å². The molecule has 0 amide bonds. The van der Waals surface area contributed by atoms with Crippen LogP contribution in [0.25, 0.3) is 10.8 Å². The van der Waals surface area contributed by atoms with E-state index in [2.05, 4.69) is 0 Å². The van der Waals surface area contributed by atoms with Crippen molar-refractivity contribution in [1.82, 2.24) is 0 Å². The first-order valence-corrected chi connectivity index (χ1v) is 8.14. The number of aliphatic hydroxyl groups is 1. The van der Waals surface area contributed by atoms with Gasteiger partial charge in [0, 0.05) is 10.3 Å². The number of hydrogen-bond acceptors (Lipinski definition) is 3. The monoisotopic (exact) mass is 326 g/mol. The van der Waals surface area contributed by atoms with E-state index in [-0.39, 0.29) is 12.2 Å². The van der Waals surface area contributed by atoms with Crippen molar-refractivity contribution in [3.8, 4) is 0 Å². The molecule has 0 aliphatic heterocycles. The number of rotatable bonds is 4. The van der Waals surface area contributed by atoms with Crippen LogP contribution in [0.1, 0.15) is 15.9 Å². The van der Waals surface area contributed by atoms with Crippen LogP contribution >= 0.6 is 0 Å². The topological polar surface area (TPSA) is 74.6 Å². The summed E-state index contributed by atoms with van der Waals surface area (Å²) in [5.41, 5.74) is 0.684. The minimum Gasteiger partial charge on any atom is -0.478 e. The van der Waals surface area contributed by atoms with Crippen molar-refractivity contribution in [2.45, 2.75) is 16.4 Å². The smallest absolute Gasteiger partial charge is 0.336 e. The van der Waals surface area contributed by atoms with Crippen molar-refractivity contribution in [2.24, 2.45) is 0 Å². The third-order valence-corrected chi connectivity index (χ3v) is 5.18. The summed E-state index contributed by atoms with van der Waals surface area (Å²) in [6, 6.07) is 17.1. The Hall–Kier alpha value is -2.50. The lowest BCUT2D eigenvalue weighted by Gasteiger charge is -2.11. The summed E-state index contributed by atoms with van der Waals surface area (Å²) in [6.45, 7) is -0.224.